The molecule has 1 heteroatoms. The number of allylic oxidation sites excluding steroid dienone is 4. The predicted octanol–water partition coefficient (Wildman–Crippen LogP) is 3.88. The van der Waals surface area contributed by atoms with Crippen molar-refractivity contribution in [2.45, 2.75) is 34.1 Å². The summed E-state index contributed by atoms with van der Waals surface area (Å²) in [5, 5.41) is 0.852. The van der Waals surface area contributed by atoms with Gasteiger partial charge in [-0.05, 0) is 33.3 Å². The van der Waals surface area contributed by atoms with Crippen molar-refractivity contribution in [3.05, 3.63) is 22.3 Å². The van der Waals surface area contributed by atoms with Gasteiger partial charge in [-0.3, -0.25) is 0 Å². The van der Waals surface area contributed by atoms with Gasteiger partial charge in [-0.2, -0.15) is 0 Å². The third-order valence-electron chi connectivity index (χ3n) is 1.62. The number of halogens is 1. The van der Waals surface area contributed by atoms with Gasteiger partial charge in [-0.15, -0.1) is 0 Å². The van der Waals surface area contributed by atoms with Crippen LogP contribution in [0.3, 0.4) is 0 Å². The van der Waals surface area contributed by atoms with Gasteiger partial charge in [0.25, 0.3) is 0 Å². The van der Waals surface area contributed by atoms with Gasteiger partial charge in [0.2, 0.25) is 0 Å². The van der Waals surface area contributed by atoms with E-state index < -0.39 is 0 Å². The van der Waals surface area contributed by atoms with E-state index in [1.165, 1.54) is 11.1 Å². The first-order valence-corrected chi connectivity index (χ1v) is 3.95. The molecule has 0 bridgehead atoms. The molecule has 0 atom stereocenters. The highest BCUT2D eigenvalue weighted by Crippen LogP contribution is 2.11. The molecule has 0 heterocycles. The van der Waals surface area contributed by atoms with E-state index in [1.54, 1.807) is 0 Å². The molecule has 0 saturated heterocycles. The molecule has 0 aliphatic carbocycles. The van der Waals surface area contributed by atoms with E-state index in [1.807, 2.05) is 13.0 Å². The Bertz CT molecular complexity index is 160. The number of hydrogen-bond donors (Lipinski definition) is 0. The molecule has 0 aromatic rings. The van der Waals surface area contributed by atoms with E-state index in [9.17, 15) is 0 Å². The van der Waals surface area contributed by atoms with Gasteiger partial charge in [0.1, 0.15) is 0 Å². The molecule has 0 radical (unpaired) electrons. The number of hydrogen-bond acceptors (Lipinski definition) is 0. The molecule has 0 spiro atoms. The summed E-state index contributed by atoms with van der Waals surface area (Å²) in [5.41, 5.74) is 2.69. The quantitative estimate of drug-likeness (QED) is 0.536. The molecule has 0 unspecified atom stereocenters. The minimum Gasteiger partial charge on any atom is -0.0895 e. The Morgan fingerprint density at radius 3 is 2.10 bits per heavy atom. The highest BCUT2D eigenvalue weighted by molar-refractivity contribution is 6.29. The van der Waals surface area contributed by atoms with Crippen LogP contribution in [0.15, 0.2) is 22.3 Å². The zero-order valence-electron chi connectivity index (χ0n) is 7.16. The highest BCUT2D eigenvalue weighted by atomic mass is 35.5. The summed E-state index contributed by atoms with van der Waals surface area (Å²) in [6, 6.07) is 0. The van der Waals surface area contributed by atoms with Crippen molar-refractivity contribution >= 4 is 11.6 Å². The molecule has 0 rings (SSSR count). The lowest BCUT2D eigenvalue weighted by molar-refractivity contribution is 1.07. The maximum absolute atomic E-state index is 5.70. The van der Waals surface area contributed by atoms with Crippen molar-refractivity contribution in [1.29, 1.82) is 0 Å². The van der Waals surface area contributed by atoms with Crippen molar-refractivity contribution in [3.8, 4) is 0 Å². The number of rotatable bonds is 2. The zero-order valence-corrected chi connectivity index (χ0v) is 7.92. The largest absolute Gasteiger partial charge is 0.0895 e. The minimum atomic E-state index is 0.852. The summed E-state index contributed by atoms with van der Waals surface area (Å²) in [4.78, 5) is 0. The van der Waals surface area contributed by atoms with Crippen LogP contribution in [0.2, 0.25) is 0 Å². The lowest BCUT2D eigenvalue weighted by Crippen LogP contribution is -1.78. The van der Waals surface area contributed by atoms with Crippen LogP contribution >= 0.6 is 11.6 Å². The summed E-state index contributed by atoms with van der Waals surface area (Å²) < 4.78 is 0. The molecule has 0 nitrogen and oxygen atoms in total. The first kappa shape index (κ1) is 9.77. The SMILES string of the molecule is CC/C(C)=C(C)\C=C(/C)Cl. The topological polar surface area (TPSA) is 0 Å². The van der Waals surface area contributed by atoms with Crippen LogP contribution in [-0.2, 0) is 0 Å². The summed E-state index contributed by atoms with van der Waals surface area (Å²) in [6.45, 7) is 8.26. The molecule has 0 aromatic heterocycles. The molecule has 58 valence electrons. The first-order chi connectivity index (χ1) is 4.57. The van der Waals surface area contributed by atoms with Crippen molar-refractivity contribution < 1.29 is 0 Å². The van der Waals surface area contributed by atoms with Crippen LogP contribution in [0.25, 0.3) is 0 Å². The van der Waals surface area contributed by atoms with Crippen LogP contribution in [0.5, 0.6) is 0 Å². The van der Waals surface area contributed by atoms with Gasteiger partial charge in [0.05, 0.1) is 0 Å². The summed E-state index contributed by atoms with van der Waals surface area (Å²) in [5.74, 6) is 0. The van der Waals surface area contributed by atoms with E-state index in [2.05, 4.69) is 20.8 Å². The monoisotopic (exact) mass is 158 g/mol. The summed E-state index contributed by atoms with van der Waals surface area (Å²) in [7, 11) is 0. The molecule has 0 aliphatic heterocycles. The molecular weight excluding hydrogens is 144 g/mol. The van der Waals surface area contributed by atoms with Crippen LogP contribution in [0.1, 0.15) is 34.1 Å². The summed E-state index contributed by atoms with van der Waals surface area (Å²) in [6.07, 6.45) is 3.10. The second kappa shape index (κ2) is 4.56. The average molecular weight is 159 g/mol. The Kier molecular flexibility index (Phi) is 4.46. The van der Waals surface area contributed by atoms with Crippen LogP contribution < -0.4 is 0 Å². The molecule has 0 aliphatic rings. The Labute approximate surface area is 68.6 Å². The normalized spacial score (nSPS) is 15.1. The van der Waals surface area contributed by atoms with E-state index in [0.29, 0.717) is 0 Å². The standard InChI is InChI=1S/C9H15Cl/c1-5-7(2)8(3)6-9(4)10/h6H,5H2,1-4H3/b8-7-,9-6+. The van der Waals surface area contributed by atoms with E-state index in [4.69, 9.17) is 11.6 Å². The highest BCUT2D eigenvalue weighted by Gasteiger charge is 1.90. The molecular formula is C9H15Cl. The molecule has 0 fully saturated rings. The van der Waals surface area contributed by atoms with Crippen molar-refractivity contribution in [1.82, 2.24) is 0 Å². The zero-order chi connectivity index (χ0) is 8.15. The van der Waals surface area contributed by atoms with E-state index in [0.717, 1.165) is 11.5 Å². The van der Waals surface area contributed by atoms with Crippen LogP contribution in [0, 0.1) is 0 Å². The third-order valence-corrected chi connectivity index (χ3v) is 1.73. The maximum atomic E-state index is 5.70. The minimum absolute atomic E-state index is 0.852. The lowest BCUT2D eigenvalue weighted by atomic mass is 10.1. The Morgan fingerprint density at radius 1 is 1.30 bits per heavy atom. The Hall–Kier alpha value is -0.230. The Morgan fingerprint density at radius 2 is 1.80 bits per heavy atom. The second-order valence-electron chi connectivity index (χ2n) is 2.55. The molecule has 0 saturated carbocycles. The van der Waals surface area contributed by atoms with E-state index in [-0.39, 0.29) is 0 Å². The van der Waals surface area contributed by atoms with Gasteiger partial charge in [0, 0.05) is 5.03 Å². The van der Waals surface area contributed by atoms with Gasteiger partial charge in [0.15, 0.2) is 0 Å². The van der Waals surface area contributed by atoms with E-state index >= 15 is 0 Å². The average Bonchev–Trinajstić information content (AvgIpc) is 1.85. The van der Waals surface area contributed by atoms with Gasteiger partial charge < -0.3 is 0 Å². The van der Waals surface area contributed by atoms with Gasteiger partial charge >= 0.3 is 0 Å². The predicted molar refractivity (Wildman–Crippen MR) is 48.3 cm³/mol. The maximum Gasteiger partial charge on any atom is 0.0152 e. The molecule has 0 aromatic carbocycles. The first-order valence-electron chi connectivity index (χ1n) is 3.58. The smallest absolute Gasteiger partial charge is 0.0152 e. The molecule has 0 amide bonds. The van der Waals surface area contributed by atoms with Crippen LogP contribution in [-0.4, -0.2) is 0 Å². The fourth-order valence-electron chi connectivity index (χ4n) is 0.700. The Balaban J connectivity index is 4.33. The fourth-order valence-corrected chi connectivity index (χ4v) is 0.864. The fraction of sp³-hybridized carbons (Fsp3) is 0.556. The van der Waals surface area contributed by atoms with Crippen LogP contribution in [0.4, 0.5) is 0 Å². The second-order valence-corrected chi connectivity index (χ2v) is 3.14. The molecule has 10 heavy (non-hydrogen) atoms. The third kappa shape index (κ3) is 3.73. The van der Waals surface area contributed by atoms with Gasteiger partial charge in [-0.25, -0.2) is 0 Å². The van der Waals surface area contributed by atoms with Crippen molar-refractivity contribution in [2.24, 2.45) is 0 Å². The van der Waals surface area contributed by atoms with Crippen molar-refractivity contribution in [3.63, 3.8) is 0 Å². The van der Waals surface area contributed by atoms with Crippen molar-refractivity contribution in [2.75, 3.05) is 0 Å². The van der Waals surface area contributed by atoms with Gasteiger partial charge in [-0.1, -0.05) is 29.7 Å². The molecule has 0 N–H and O–H groups in total. The lowest BCUT2D eigenvalue weighted by Gasteiger charge is -1.98. The summed E-state index contributed by atoms with van der Waals surface area (Å²) >= 11 is 5.70.